The number of para-hydroxylation sites is 1. The van der Waals surface area contributed by atoms with E-state index < -0.39 is 0 Å². The Kier molecular flexibility index (Phi) is 4.06. The third kappa shape index (κ3) is 3.09. The van der Waals surface area contributed by atoms with E-state index in [9.17, 15) is 0 Å². The van der Waals surface area contributed by atoms with Crippen LogP contribution in [0.3, 0.4) is 0 Å². The van der Waals surface area contributed by atoms with Crippen molar-refractivity contribution in [2.45, 2.75) is 32.9 Å². The van der Waals surface area contributed by atoms with Crippen molar-refractivity contribution >= 4 is 17.2 Å². The summed E-state index contributed by atoms with van der Waals surface area (Å²) in [4.78, 5) is 4.71. The van der Waals surface area contributed by atoms with Gasteiger partial charge in [0.2, 0.25) is 0 Å². The molecule has 0 fully saturated rings. The number of benzene rings is 1. The third-order valence-corrected chi connectivity index (χ3v) is 3.49. The number of hydrogen-bond donors (Lipinski definition) is 2. The summed E-state index contributed by atoms with van der Waals surface area (Å²) in [5.74, 6) is 0.817. The van der Waals surface area contributed by atoms with Gasteiger partial charge < -0.3 is 10.6 Å². The lowest BCUT2D eigenvalue weighted by atomic mass is 10.1. The maximum Gasteiger partial charge on any atom is 0.162 e. The molecule has 1 unspecified atom stereocenters. The zero-order valence-corrected chi connectivity index (χ0v) is 13.1. The molecule has 3 aromatic rings. The van der Waals surface area contributed by atoms with Gasteiger partial charge in [0.25, 0.3) is 0 Å². The van der Waals surface area contributed by atoms with Crippen molar-refractivity contribution in [3.05, 3.63) is 54.4 Å². The summed E-state index contributed by atoms with van der Waals surface area (Å²) in [6.45, 7) is 6.41. The Hall–Kier alpha value is -2.40. The van der Waals surface area contributed by atoms with Crippen LogP contribution in [0.15, 0.2) is 48.8 Å². The van der Waals surface area contributed by atoms with Crippen LogP contribution in [0.5, 0.6) is 0 Å². The first-order chi connectivity index (χ1) is 10.6. The standard InChI is InChI=1S/C17H21N5/c1-12(2)19-13(3)15-11-18-22-10-9-16(21-17(15)22)20-14-7-5-4-6-8-14/h4-13,19H,1-3H3,(H,20,21). The number of aromatic nitrogens is 3. The lowest BCUT2D eigenvalue weighted by molar-refractivity contribution is 0.508. The molecule has 0 aliphatic heterocycles. The van der Waals surface area contributed by atoms with E-state index in [-0.39, 0.29) is 6.04 Å². The van der Waals surface area contributed by atoms with Crippen molar-refractivity contribution in [2.75, 3.05) is 5.32 Å². The lowest BCUT2D eigenvalue weighted by Gasteiger charge is -2.15. The second-order valence-electron chi connectivity index (χ2n) is 5.71. The molecule has 1 aromatic carbocycles. The fourth-order valence-electron chi connectivity index (χ4n) is 2.52. The topological polar surface area (TPSA) is 54.2 Å². The summed E-state index contributed by atoms with van der Waals surface area (Å²) in [6.07, 6.45) is 3.81. The van der Waals surface area contributed by atoms with E-state index in [0.717, 1.165) is 22.7 Å². The number of nitrogens with zero attached hydrogens (tertiary/aromatic N) is 3. The molecule has 22 heavy (non-hydrogen) atoms. The SMILES string of the molecule is CC(C)NC(C)c1cnn2ccc(Nc3ccccc3)nc12. The monoisotopic (exact) mass is 295 g/mol. The largest absolute Gasteiger partial charge is 0.340 e. The molecule has 0 spiro atoms. The van der Waals surface area contributed by atoms with Gasteiger partial charge >= 0.3 is 0 Å². The van der Waals surface area contributed by atoms with Crippen LogP contribution >= 0.6 is 0 Å². The third-order valence-electron chi connectivity index (χ3n) is 3.49. The van der Waals surface area contributed by atoms with Gasteiger partial charge in [-0.1, -0.05) is 32.0 Å². The second-order valence-corrected chi connectivity index (χ2v) is 5.71. The zero-order valence-electron chi connectivity index (χ0n) is 13.1. The Morgan fingerprint density at radius 1 is 1.05 bits per heavy atom. The predicted octanol–water partition coefficient (Wildman–Crippen LogP) is 3.53. The molecular weight excluding hydrogens is 274 g/mol. The molecule has 2 aromatic heterocycles. The Balaban J connectivity index is 1.91. The molecule has 114 valence electrons. The van der Waals surface area contributed by atoms with Gasteiger partial charge in [0, 0.05) is 29.5 Å². The summed E-state index contributed by atoms with van der Waals surface area (Å²) in [6, 6.07) is 12.6. The number of hydrogen-bond acceptors (Lipinski definition) is 4. The van der Waals surface area contributed by atoms with E-state index in [1.165, 1.54) is 0 Å². The highest BCUT2D eigenvalue weighted by molar-refractivity contribution is 5.59. The van der Waals surface area contributed by atoms with Gasteiger partial charge in [-0.15, -0.1) is 0 Å². The van der Waals surface area contributed by atoms with Crippen LogP contribution in [0.4, 0.5) is 11.5 Å². The fraction of sp³-hybridized carbons (Fsp3) is 0.294. The van der Waals surface area contributed by atoms with Crippen LogP contribution < -0.4 is 10.6 Å². The van der Waals surface area contributed by atoms with Crippen molar-refractivity contribution in [3.8, 4) is 0 Å². The van der Waals surface area contributed by atoms with Gasteiger partial charge in [-0.25, -0.2) is 9.50 Å². The highest BCUT2D eigenvalue weighted by atomic mass is 15.3. The van der Waals surface area contributed by atoms with Crippen LogP contribution in [0.1, 0.15) is 32.4 Å². The number of anilines is 2. The van der Waals surface area contributed by atoms with Crippen molar-refractivity contribution in [3.63, 3.8) is 0 Å². The van der Waals surface area contributed by atoms with Crippen molar-refractivity contribution in [2.24, 2.45) is 0 Å². The van der Waals surface area contributed by atoms with Crippen molar-refractivity contribution < 1.29 is 0 Å². The molecule has 0 amide bonds. The molecule has 1 atom stereocenters. The van der Waals surface area contributed by atoms with Gasteiger partial charge in [0.1, 0.15) is 5.82 Å². The van der Waals surface area contributed by atoms with Crippen molar-refractivity contribution in [1.82, 2.24) is 19.9 Å². The maximum absolute atomic E-state index is 4.71. The van der Waals surface area contributed by atoms with Crippen molar-refractivity contribution in [1.29, 1.82) is 0 Å². The summed E-state index contributed by atoms with van der Waals surface area (Å²) >= 11 is 0. The molecule has 2 heterocycles. The summed E-state index contributed by atoms with van der Waals surface area (Å²) in [5.41, 5.74) is 3.00. The first-order valence-corrected chi connectivity index (χ1v) is 7.56. The molecule has 5 nitrogen and oxygen atoms in total. The Morgan fingerprint density at radius 3 is 2.55 bits per heavy atom. The van der Waals surface area contributed by atoms with Gasteiger partial charge in [-0.3, -0.25) is 0 Å². The average molecular weight is 295 g/mol. The van der Waals surface area contributed by atoms with Crippen LogP contribution in [0, 0.1) is 0 Å². The Bertz CT molecular complexity index is 748. The van der Waals surface area contributed by atoms with E-state index in [1.54, 1.807) is 0 Å². The minimum Gasteiger partial charge on any atom is -0.340 e. The van der Waals surface area contributed by atoms with Crippen LogP contribution in [-0.4, -0.2) is 20.6 Å². The number of nitrogens with one attached hydrogen (secondary N) is 2. The van der Waals surface area contributed by atoms with Crippen LogP contribution in [0.25, 0.3) is 5.65 Å². The van der Waals surface area contributed by atoms with Crippen LogP contribution in [-0.2, 0) is 0 Å². The first-order valence-electron chi connectivity index (χ1n) is 7.56. The normalized spacial score (nSPS) is 12.7. The van der Waals surface area contributed by atoms with E-state index in [4.69, 9.17) is 4.98 Å². The van der Waals surface area contributed by atoms with E-state index in [1.807, 2.05) is 53.3 Å². The number of rotatable bonds is 5. The summed E-state index contributed by atoms with van der Waals surface area (Å²) < 4.78 is 1.81. The smallest absolute Gasteiger partial charge is 0.162 e. The molecule has 0 aliphatic carbocycles. The molecule has 0 aliphatic rings. The highest BCUT2D eigenvalue weighted by Crippen LogP contribution is 2.20. The van der Waals surface area contributed by atoms with E-state index >= 15 is 0 Å². The van der Waals surface area contributed by atoms with E-state index in [2.05, 4.69) is 36.5 Å². The Morgan fingerprint density at radius 2 is 1.82 bits per heavy atom. The molecular formula is C17H21N5. The van der Waals surface area contributed by atoms with Crippen LogP contribution in [0.2, 0.25) is 0 Å². The Labute approximate surface area is 130 Å². The molecule has 0 saturated heterocycles. The number of fused-ring (bicyclic) bond motifs is 1. The minimum atomic E-state index is 0.206. The minimum absolute atomic E-state index is 0.206. The second kappa shape index (κ2) is 6.15. The molecule has 0 bridgehead atoms. The van der Waals surface area contributed by atoms with Gasteiger partial charge in [-0.05, 0) is 25.1 Å². The first kappa shape index (κ1) is 14.5. The quantitative estimate of drug-likeness (QED) is 0.756. The highest BCUT2D eigenvalue weighted by Gasteiger charge is 2.14. The zero-order chi connectivity index (χ0) is 15.5. The molecule has 5 heteroatoms. The predicted molar refractivity (Wildman–Crippen MR) is 89.4 cm³/mol. The van der Waals surface area contributed by atoms with Gasteiger partial charge in [0.15, 0.2) is 5.65 Å². The van der Waals surface area contributed by atoms with Gasteiger partial charge in [0.05, 0.1) is 6.20 Å². The molecule has 3 rings (SSSR count). The summed E-state index contributed by atoms with van der Waals surface area (Å²) in [7, 11) is 0. The fourth-order valence-corrected chi connectivity index (χ4v) is 2.52. The molecule has 0 radical (unpaired) electrons. The molecule has 0 saturated carbocycles. The lowest BCUT2D eigenvalue weighted by Crippen LogP contribution is -2.26. The molecule has 2 N–H and O–H groups in total. The summed E-state index contributed by atoms with van der Waals surface area (Å²) in [5, 5.41) is 11.2. The maximum atomic E-state index is 4.71. The van der Waals surface area contributed by atoms with E-state index in [0.29, 0.717) is 6.04 Å². The average Bonchev–Trinajstić information content (AvgIpc) is 2.91. The van der Waals surface area contributed by atoms with Gasteiger partial charge in [-0.2, -0.15) is 5.10 Å².